The van der Waals surface area contributed by atoms with Crippen LogP contribution in [0.1, 0.15) is 46.6 Å². The summed E-state index contributed by atoms with van der Waals surface area (Å²) in [6.45, 7) is 6.97. The maximum Gasteiger partial charge on any atom is 0.303 e. The molecule has 2 saturated heterocycles. The maximum absolute atomic E-state index is 12.9. The number of carboxylic acids is 1. The monoisotopic (exact) mass is 397 g/mol. The molecule has 1 N–H and O–H groups in total. The van der Waals surface area contributed by atoms with Gasteiger partial charge in [0.05, 0.1) is 18.0 Å². The fourth-order valence-electron chi connectivity index (χ4n) is 4.53. The van der Waals surface area contributed by atoms with Gasteiger partial charge in [0.25, 0.3) is 5.91 Å². The van der Waals surface area contributed by atoms with Gasteiger partial charge in [-0.1, -0.05) is 0 Å². The van der Waals surface area contributed by atoms with Crippen molar-refractivity contribution in [3.05, 3.63) is 46.8 Å². The standard InChI is InChI=1S/C22H27N3O4/c1-15-19(7-8-20(26)27)16(2)25(23-15)18-5-3-17(4-6-18)21(28)24-11-9-22(13-24)10-12-29-14-22/h3-6H,7-14H2,1-2H3,(H,26,27)/t22-/m0/s1. The number of benzene rings is 1. The number of aromatic nitrogens is 2. The second kappa shape index (κ2) is 7.63. The minimum absolute atomic E-state index is 0.0656. The molecule has 0 bridgehead atoms. The Hall–Kier alpha value is -2.67. The predicted molar refractivity (Wildman–Crippen MR) is 107 cm³/mol. The minimum Gasteiger partial charge on any atom is -0.481 e. The molecular formula is C22H27N3O4. The molecule has 1 spiro atoms. The van der Waals surface area contributed by atoms with Crippen LogP contribution in [-0.2, 0) is 16.0 Å². The van der Waals surface area contributed by atoms with Crippen LogP contribution in [0.2, 0.25) is 0 Å². The fraction of sp³-hybridized carbons (Fsp3) is 0.500. The average molecular weight is 397 g/mol. The smallest absolute Gasteiger partial charge is 0.303 e. The van der Waals surface area contributed by atoms with E-state index in [0.29, 0.717) is 12.0 Å². The van der Waals surface area contributed by atoms with Crippen LogP contribution >= 0.6 is 0 Å². The normalized spacial score (nSPS) is 21.2. The van der Waals surface area contributed by atoms with Gasteiger partial charge in [-0.25, -0.2) is 4.68 Å². The van der Waals surface area contributed by atoms with Crippen molar-refractivity contribution in [3.63, 3.8) is 0 Å². The summed E-state index contributed by atoms with van der Waals surface area (Å²) in [4.78, 5) is 25.8. The highest BCUT2D eigenvalue weighted by atomic mass is 16.5. The van der Waals surface area contributed by atoms with Crippen LogP contribution in [0.3, 0.4) is 0 Å². The predicted octanol–water partition coefficient (Wildman–Crippen LogP) is 2.76. The van der Waals surface area contributed by atoms with E-state index in [1.807, 2.05) is 47.7 Å². The molecule has 2 aliphatic heterocycles. The summed E-state index contributed by atoms with van der Waals surface area (Å²) in [7, 11) is 0. The quantitative estimate of drug-likeness (QED) is 0.839. The van der Waals surface area contributed by atoms with Crippen molar-refractivity contribution in [2.45, 2.75) is 39.5 Å². The fourth-order valence-corrected chi connectivity index (χ4v) is 4.53. The molecule has 2 fully saturated rings. The first kappa shape index (κ1) is 19.6. The Kier molecular flexibility index (Phi) is 5.17. The third kappa shape index (κ3) is 3.79. The maximum atomic E-state index is 12.9. The van der Waals surface area contributed by atoms with Crippen LogP contribution in [0.4, 0.5) is 0 Å². The molecule has 7 nitrogen and oxygen atoms in total. The highest BCUT2D eigenvalue weighted by Gasteiger charge is 2.42. The SMILES string of the molecule is Cc1nn(-c2ccc(C(=O)N3CC[C@]4(CCOC4)C3)cc2)c(C)c1CCC(=O)O. The second-order valence-electron chi connectivity index (χ2n) is 8.28. The molecule has 1 aromatic carbocycles. The van der Waals surface area contributed by atoms with Gasteiger partial charge in [0.2, 0.25) is 0 Å². The summed E-state index contributed by atoms with van der Waals surface area (Å²) < 4.78 is 7.37. The number of nitrogens with zero attached hydrogens (tertiary/aromatic N) is 3. The van der Waals surface area contributed by atoms with Gasteiger partial charge in [0.1, 0.15) is 0 Å². The number of carbonyl (C=O) groups is 2. The minimum atomic E-state index is -0.813. The van der Waals surface area contributed by atoms with Crippen molar-refractivity contribution < 1.29 is 19.4 Å². The van der Waals surface area contributed by atoms with Gasteiger partial charge in [0, 0.05) is 42.8 Å². The zero-order chi connectivity index (χ0) is 20.6. The summed E-state index contributed by atoms with van der Waals surface area (Å²) >= 11 is 0. The zero-order valence-electron chi connectivity index (χ0n) is 17.0. The number of likely N-dealkylation sites (tertiary alicyclic amines) is 1. The molecule has 3 heterocycles. The summed E-state index contributed by atoms with van der Waals surface area (Å²) in [5.74, 6) is -0.747. The lowest BCUT2D eigenvalue weighted by molar-refractivity contribution is -0.136. The lowest BCUT2D eigenvalue weighted by Gasteiger charge is -2.22. The number of hydrogen-bond donors (Lipinski definition) is 1. The molecule has 0 aliphatic carbocycles. The Labute approximate surface area is 170 Å². The number of ether oxygens (including phenoxy) is 1. The molecule has 0 saturated carbocycles. The lowest BCUT2D eigenvalue weighted by Crippen LogP contribution is -2.32. The summed E-state index contributed by atoms with van der Waals surface area (Å²) in [6, 6.07) is 7.50. The van der Waals surface area contributed by atoms with Crippen LogP contribution in [0.15, 0.2) is 24.3 Å². The van der Waals surface area contributed by atoms with Crippen molar-refractivity contribution in [3.8, 4) is 5.69 Å². The summed E-state index contributed by atoms with van der Waals surface area (Å²) in [5, 5.41) is 13.5. The van der Waals surface area contributed by atoms with Crippen LogP contribution in [0.5, 0.6) is 0 Å². The summed E-state index contributed by atoms with van der Waals surface area (Å²) in [6.07, 6.45) is 2.60. The van der Waals surface area contributed by atoms with E-state index in [-0.39, 0.29) is 17.7 Å². The Morgan fingerprint density at radius 1 is 1.21 bits per heavy atom. The largest absolute Gasteiger partial charge is 0.481 e. The van der Waals surface area contributed by atoms with Crippen LogP contribution in [0.25, 0.3) is 5.69 Å². The molecular weight excluding hydrogens is 370 g/mol. The third-order valence-electron chi connectivity index (χ3n) is 6.30. The van der Waals surface area contributed by atoms with E-state index in [1.54, 1.807) is 0 Å². The number of carboxylic acid groups (broad SMARTS) is 1. The van der Waals surface area contributed by atoms with E-state index in [9.17, 15) is 9.59 Å². The van der Waals surface area contributed by atoms with Crippen LogP contribution < -0.4 is 0 Å². The molecule has 2 aliphatic rings. The molecule has 154 valence electrons. The van der Waals surface area contributed by atoms with Gasteiger partial charge < -0.3 is 14.7 Å². The van der Waals surface area contributed by atoms with Crippen molar-refractivity contribution in [1.29, 1.82) is 0 Å². The van der Waals surface area contributed by atoms with E-state index in [2.05, 4.69) is 5.10 Å². The molecule has 1 atom stereocenters. The Balaban J connectivity index is 1.49. The van der Waals surface area contributed by atoms with E-state index in [0.717, 1.165) is 61.8 Å². The molecule has 0 radical (unpaired) electrons. The Morgan fingerprint density at radius 2 is 1.97 bits per heavy atom. The van der Waals surface area contributed by atoms with E-state index < -0.39 is 5.97 Å². The van der Waals surface area contributed by atoms with Gasteiger partial charge in [-0.3, -0.25) is 9.59 Å². The third-order valence-corrected chi connectivity index (χ3v) is 6.30. The highest BCUT2D eigenvalue weighted by molar-refractivity contribution is 5.94. The summed E-state index contributed by atoms with van der Waals surface area (Å²) in [5.41, 5.74) is 4.44. The zero-order valence-corrected chi connectivity index (χ0v) is 17.0. The van der Waals surface area contributed by atoms with Crippen LogP contribution in [0, 0.1) is 19.3 Å². The molecule has 0 unspecified atom stereocenters. The number of aliphatic carboxylic acids is 1. The van der Waals surface area contributed by atoms with Gasteiger partial charge in [-0.15, -0.1) is 0 Å². The van der Waals surface area contributed by atoms with Gasteiger partial charge in [-0.2, -0.15) is 5.10 Å². The molecule has 4 rings (SSSR count). The number of carbonyl (C=O) groups excluding carboxylic acids is 1. The number of hydrogen-bond acceptors (Lipinski definition) is 4. The average Bonchev–Trinajstić information content (AvgIpc) is 3.41. The van der Waals surface area contributed by atoms with Gasteiger partial charge in [0.15, 0.2) is 0 Å². The topological polar surface area (TPSA) is 84.7 Å². The number of amides is 1. The molecule has 7 heteroatoms. The second-order valence-corrected chi connectivity index (χ2v) is 8.28. The first-order valence-corrected chi connectivity index (χ1v) is 10.1. The van der Waals surface area contributed by atoms with Gasteiger partial charge in [-0.05, 0) is 62.9 Å². The van der Waals surface area contributed by atoms with Gasteiger partial charge >= 0.3 is 5.97 Å². The van der Waals surface area contributed by atoms with Crippen molar-refractivity contribution >= 4 is 11.9 Å². The van der Waals surface area contributed by atoms with Crippen molar-refractivity contribution in [1.82, 2.24) is 14.7 Å². The van der Waals surface area contributed by atoms with E-state index in [4.69, 9.17) is 9.84 Å². The number of rotatable bonds is 5. The Morgan fingerprint density at radius 3 is 2.62 bits per heavy atom. The molecule has 29 heavy (non-hydrogen) atoms. The molecule has 1 amide bonds. The van der Waals surface area contributed by atoms with Crippen LogP contribution in [-0.4, -0.2) is 58.0 Å². The molecule has 1 aromatic heterocycles. The van der Waals surface area contributed by atoms with Crippen molar-refractivity contribution in [2.24, 2.45) is 5.41 Å². The van der Waals surface area contributed by atoms with E-state index in [1.165, 1.54) is 0 Å². The first-order chi connectivity index (χ1) is 13.9. The lowest BCUT2D eigenvalue weighted by atomic mass is 9.87. The van der Waals surface area contributed by atoms with Crippen molar-refractivity contribution in [2.75, 3.05) is 26.3 Å². The number of aryl methyl sites for hydroxylation is 1. The first-order valence-electron chi connectivity index (χ1n) is 10.1. The highest BCUT2D eigenvalue weighted by Crippen LogP contribution is 2.38. The Bertz CT molecular complexity index is 926. The molecule has 2 aromatic rings. The van der Waals surface area contributed by atoms with E-state index >= 15 is 0 Å².